The van der Waals surface area contributed by atoms with Crippen molar-refractivity contribution in [1.29, 1.82) is 0 Å². The van der Waals surface area contributed by atoms with Crippen LogP contribution in [0.2, 0.25) is 10.0 Å². The fourth-order valence-electron chi connectivity index (χ4n) is 2.28. The van der Waals surface area contributed by atoms with Crippen LogP contribution in [0.25, 0.3) is 0 Å². The van der Waals surface area contributed by atoms with E-state index >= 15 is 0 Å². The summed E-state index contributed by atoms with van der Waals surface area (Å²) in [5.74, 6) is -1.22. The Bertz CT molecular complexity index is 703. The highest BCUT2D eigenvalue weighted by molar-refractivity contribution is 7.89. The summed E-state index contributed by atoms with van der Waals surface area (Å²) < 4.78 is 36.6. The van der Waals surface area contributed by atoms with Crippen LogP contribution in [0.1, 0.15) is 30.1 Å². The molecule has 3 N–H and O–H groups in total. The van der Waals surface area contributed by atoms with E-state index in [9.17, 15) is 17.6 Å². The molecule has 0 radical (unpaired) electrons. The van der Waals surface area contributed by atoms with Gasteiger partial charge < -0.3 is 5.32 Å². The molecule has 1 aliphatic rings. The van der Waals surface area contributed by atoms with E-state index in [0.29, 0.717) is 5.92 Å². The van der Waals surface area contributed by atoms with E-state index < -0.39 is 36.7 Å². The molecule has 1 amide bonds. The molecule has 0 bridgehead atoms. The minimum absolute atomic E-state index is 0.0276. The Hall–Kier alpha value is -0.890. The summed E-state index contributed by atoms with van der Waals surface area (Å²) in [5.41, 5.74) is -0.304. The molecule has 5 nitrogen and oxygen atoms in total. The molecular weight excluding hydrogens is 342 g/mol. The number of sulfonamides is 1. The van der Waals surface area contributed by atoms with Crippen molar-refractivity contribution in [1.82, 2.24) is 5.32 Å². The summed E-state index contributed by atoms with van der Waals surface area (Å²) in [6.45, 7) is 2.04. The zero-order chi connectivity index (χ0) is 15.9. The Balaban J connectivity index is 2.40. The topological polar surface area (TPSA) is 89.3 Å². The van der Waals surface area contributed by atoms with E-state index in [2.05, 4.69) is 5.32 Å². The predicted molar refractivity (Wildman–Crippen MR) is 77.4 cm³/mol. The third kappa shape index (κ3) is 3.31. The van der Waals surface area contributed by atoms with Crippen molar-refractivity contribution in [2.75, 3.05) is 0 Å². The molecule has 21 heavy (non-hydrogen) atoms. The highest BCUT2D eigenvalue weighted by atomic mass is 35.5. The number of primary sulfonamides is 1. The van der Waals surface area contributed by atoms with E-state index in [0.717, 1.165) is 18.9 Å². The zero-order valence-corrected chi connectivity index (χ0v) is 13.3. The molecule has 0 aromatic heterocycles. The van der Waals surface area contributed by atoms with E-state index in [1.807, 2.05) is 6.92 Å². The summed E-state index contributed by atoms with van der Waals surface area (Å²) in [6.07, 6.45) is 1.61. The van der Waals surface area contributed by atoms with Gasteiger partial charge in [0.15, 0.2) is 0 Å². The van der Waals surface area contributed by atoms with Gasteiger partial charge in [-0.15, -0.1) is 0 Å². The largest absolute Gasteiger partial charge is 0.349 e. The van der Waals surface area contributed by atoms with Crippen molar-refractivity contribution in [2.45, 2.75) is 30.7 Å². The molecule has 0 saturated heterocycles. The van der Waals surface area contributed by atoms with Crippen LogP contribution in [-0.4, -0.2) is 20.4 Å². The average molecular weight is 355 g/mol. The molecule has 1 aromatic rings. The van der Waals surface area contributed by atoms with Crippen LogP contribution in [0.3, 0.4) is 0 Å². The SMILES string of the molecule is CC1CC(NC(=O)c2cc(F)c(Cl)c(S(N)(=O)=O)c2Cl)C1. The van der Waals surface area contributed by atoms with Crippen LogP contribution in [0.4, 0.5) is 4.39 Å². The standard InChI is InChI=1S/C12H13Cl2FN2O3S/c1-5-2-6(3-5)17-12(18)7-4-8(15)10(14)11(9(7)13)21(16,19)20/h4-6H,2-3H2,1H3,(H,17,18)(H2,16,19,20). The number of nitrogens with two attached hydrogens (primary N) is 1. The molecule has 1 saturated carbocycles. The first-order valence-electron chi connectivity index (χ1n) is 6.12. The summed E-state index contributed by atoms with van der Waals surface area (Å²) in [7, 11) is -4.36. The monoisotopic (exact) mass is 354 g/mol. The fourth-order valence-corrected chi connectivity index (χ4v) is 4.06. The Kier molecular flexibility index (Phi) is 4.49. The first-order chi connectivity index (χ1) is 9.61. The molecule has 1 aromatic carbocycles. The molecule has 0 heterocycles. The number of rotatable bonds is 3. The lowest BCUT2D eigenvalue weighted by molar-refractivity contribution is 0.0895. The van der Waals surface area contributed by atoms with Gasteiger partial charge in [-0.2, -0.15) is 0 Å². The average Bonchev–Trinajstić information content (AvgIpc) is 2.30. The number of hydrogen-bond acceptors (Lipinski definition) is 3. The van der Waals surface area contributed by atoms with Crippen LogP contribution < -0.4 is 10.5 Å². The van der Waals surface area contributed by atoms with Gasteiger partial charge in [-0.05, 0) is 24.8 Å². The molecule has 1 fully saturated rings. The van der Waals surface area contributed by atoms with Gasteiger partial charge in [-0.3, -0.25) is 4.79 Å². The number of nitrogens with one attached hydrogen (secondary N) is 1. The highest BCUT2D eigenvalue weighted by Gasteiger charge is 2.30. The fraction of sp³-hybridized carbons (Fsp3) is 0.417. The molecule has 1 aliphatic carbocycles. The quantitative estimate of drug-likeness (QED) is 0.816. The van der Waals surface area contributed by atoms with Crippen molar-refractivity contribution < 1.29 is 17.6 Å². The van der Waals surface area contributed by atoms with Crippen LogP contribution >= 0.6 is 23.2 Å². The number of carbonyl (C=O) groups is 1. The maximum absolute atomic E-state index is 13.7. The molecule has 9 heteroatoms. The van der Waals surface area contributed by atoms with Crippen LogP contribution in [-0.2, 0) is 10.0 Å². The van der Waals surface area contributed by atoms with Crippen molar-refractivity contribution >= 4 is 39.1 Å². The molecule has 0 aliphatic heterocycles. The van der Waals surface area contributed by atoms with Crippen LogP contribution in [0.15, 0.2) is 11.0 Å². The number of hydrogen-bond donors (Lipinski definition) is 2. The van der Waals surface area contributed by atoms with Crippen molar-refractivity contribution in [3.05, 3.63) is 27.5 Å². The predicted octanol–water partition coefficient (Wildman–Crippen LogP) is 2.31. The second kappa shape index (κ2) is 5.72. The Morgan fingerprint density at radius 1 is 1.38 bits per heavy atom. The van der Waals surface area contributed by atoms with E-state index in [4.69, 9.17) is 28.3 Å². The molecule has 116 valence electrons. The van der Waals surface area contributed by atoms with Crippen molar-refractivity contribution in [3.63, 3.8) is 0 Å². The maximum Gasteiger partial charge on any atom is 0.253 e. The Labute approximate surface area is 131 Å². The number of amides is 1. The molecular formula is C12H13Cl2FN2O3S. The third-order valence-electron chi connectivity index (χ3n) is 3.35. The summed E-state index contributed by atoms with van der Waals surface area (Å²) in [4.78, 5) is 11.3. The molecule has 0 atom stereocenters. The Morgan fingerprint density at radius 3 is 2.43 bits per heavy atom. The van der Waals surface area contributed by atoms with Crippen molar-refractivity contribution in [2.24, 2.45) is 11.1 Å². The highest BCUT2D eigenvalue weighted by Crippen LogP contribution is 2.34. The number of carbonyl (C=O) groups excluding carboxylic acids is 1. The summed E-state index contributed by atoms with van der Waals surface area (Å²) in [6, 6.07) is 0.775. The summed E-state index contributed by atoms with van der Waals surface area (Å²) in [5, 5.41) is 6.41. The third-order valence-corrected chi connectivity index (χ3v) is 5.32. The van der Waals surface area contributed by atoms with Gasteiger partial charge >= 0.3 is 0 Å². The minimum Gasteiger partial charge on any atom is -0.349 e. The second-order valence-electron chi connectivity index (χ2n) is 5.16. The minimum atomic E-state index is -4.36. The van der Waals surface area contributed by atoms with Gasteiger partial charge in [0.25, 0.3) is 5.91 Å². The van der Waals surface area contributed by atoms with Crippen LogP contribution in [0.5, 0.6) is 0 Å². The van der Waals surface area contributed by atoms with E-state index in [-0.39, 0.29) is 11.6 Å². The maximum atomic E-state index is 13.7. The van der Waals surface area contributed by atoms with Gasteiger partial charge in [0.1, 0.15) is 10.7 Å². The molecule has 0 spiro atoms. The second-order valence-corrected chi connectivity index (χ2v) is 7.41. The lowest BCUT2D eigenvalue weighted by atomic mass is 9.82. The molecule has 0 unspecified atom stereocenters. The van der Waals surface area contributed by atoms with Gasteiger partial charge in [-0.25, -0.2) is 17.9 Å². The van der Waals surface area contributed by atoms with Gasteiger partial charge in [0.05, 0.1) is 15.6 Å². The lowest BCUT2D eigenvalue weighted by Crippen LogP contribution is -2.43. The van der Waals surface area contributed by atoms with Gasteiger partial charge in [-0.1, -0.05) is 30.1 Å². The van der Waals surface area contributed by atoms with Crippen molar-refractivity contribution in [3.8, 4) is 0 Å². The lowest BCUT2D eigenvalue weighted by Gasteiger charge is -2.33. The number of benzene rings is 1. The van der Waals surface area contributed by atoms with E-state index in [1.165, 1.54) is 0 Å². The summed E-state index contributed by atoms with van der Waals surface area (Å²) >= 11 is 11.4. The molecule has 2 rings (SSSR count). The first-order valence-corrected chi connectivity index (χ1v) is 8.42. The number of halogens is 3. The zero-order valence-electron chi connectivity index (χ0n) is 11.0. The van der Waals surface area contributed by atoms with Gasteiger partial charge in [0, 0.05) is 6.04 Å². The first kappa shape index (κ1) is 16.5. The Morgan fingerprint density at radius 2 is 1.95 bits per heavy atom. The van der Waals surface area contributed by atoms with Crippen LogP contribution in [0, 0.1) is 11.7 Å². The van der Waals surface area contributed by atoms with Gasteiger partial charge in [0.2, 0.25) is 10.0 Å². The van der Waals surface area contributed by atoms with E-state index in [1.54, 1.807) is 0 Å². The smallest absolute Gasteiger partial charge is 0.253 e. The normalized spacial score (nSPS) is 21.8.